The molecule has 0 bridgehead atoms. The minimum atomic E-state index is -1.89. The second kappa shape index (κ2) is 13.0. The van der Waals surface area contributed by atoms with Crippen LogP contribution in [-0.4, -0.2) is 56.1 Å². The van der Waals surface area contributed by atoms with E-state index in [4.69, 9.17) is 9.47 Å². The van der Waals surface area contributed by atoms with Gasteiger partial charge in [-0.05, 0) is 18.1 Å². The van der Waals surface area contributed by atoms with Crippen molar-refractivity contribution in [1.29, 1.82) is 0 Å². The number of nitro benzene ring substituents is 1. The van der Waals surface area contributed by atoms with Crippen LogP contribution in [0, 0.1) is 16.0 Å². The van der Waals surface area contributed by atoms with Gasteiger partial charge in [-0.15, -0.1) is 0 Å². The van der Waals surface area contributed by atoms with Crippen molar-refractivity contribution in [1.82, 2.24) is 0 Å². The number of carbonyl (C=O) groups is 1. The van der Waals surface area contributed by atoms with Gasteiger partial charge in [-0.25, -0.2) is 0 Å². The van der Waals surface area contributed by atoms with Crippen LogP contribution in [0.5, 0.6) is 5.75 Å². The van der Waals surface area contributed by atoms with Crippen molar-refractivity contribution in [3.8, 4) is 5.75 Å². The highest BCUT2D eigenvalue weighted by Crippen LogP contribution is 2.33. The van der Waals surface area contributed by atoms with Gasteiger partial charge in [0.1, 0.15) is 18.1 Å². The Morgan fingerprint density at radius 1 is 1.17 bits per heavy atom. The molecular formula is C19H31NO9. The van der Waals surface area contributed by atoms with Crippen molar-refractivity contribution < 1.29 is 39.6 Å². The summed E-state index contributed by atoms with van der Waals surface area (Å²) in [6.07, 6.45) is -5.53. The Morgan fingerprint density at radius 2 is 1.72 bits per heavy atom. The van der Waals surface area contributed by atoms with E-state index in [2.05, 4.69) is 13.8 Å². The zero-order chi connectivity index (χ0) is 22.7. The Hall–Kier alpha value is -2.27. The number of ether oxygens (including phenoxy) is 2. The maximum absolute atomic E-state index is 11.3. The molecule has 0 aliphatic carbocycles. The number of hydrogen-bond donors (Lipinski definition) is 4. The van der Waals surface area contributed by atoms with E-state index in [0.717, 1.165) is 0 Å². The molecule has 0 amide bonds. The van der Waals surface area contributed by atoms with Crippen LogP contribution in [0.4, 0.5) is 5.69 Å². The number of aliphatic carboxylic acids is 1. The number of hydrogen-bond acceptors (Lipinski definition) is 8. The van der Waals surface area contributed by atoms with Crippen LogP contribution in [0.2, 0.25) is 0 Å². The quantitative estimate of drug-likeness (QED) is 0.415. The maximum Gasteiger partial charge on any atom is 0.315 e. The van der Waals surface area contributed by atoms with Gasteiger partial charge in [-0.1, -0.05) is 47.1 Å². The van der Waals surface area contributed by atoms with E-state index < -0.39 is 47.3 Å². The van der Waals surface area contributed by atoms with Crippen LogP contribution in [-0.2, 0) is 16.0 Å². The van der Waals surface area contributed by atoms with Crippen molar-refractivity contribution >= 4 is 11.7 Å². The normalized spacial score (nSPS) is 25.6. The second-order valence-electron chi connectivity index (χ2n) is 5.98. The molecule has 2 rings (SSSR count). The predicted octanol–water partition coefficient (Wildman–Crippen LogP) is 2.08. The third-order valence-electron chi connectivity index (χ3n) is 3.73. The summed E-state index contributed by atoms with van der Waals surface area (Å²) in [4.78, 5) is 21.7. The molecule has 5 atom stereocenters. The lowest BCUT2D eigenvalue weighted by Gasteiger charge is -2.38. The lowest BCUT2D eigenvalue weighted by Crippen LogP contribution is -2.58. The molecule has 0 saturated carbocycles. The van der Waals surface area contributed by atoms with Gasteiger partial charge in [-0.3, -0.25) is 14.9 Å². The first-order valence-corrected chi connectivity index (χ1v) is 9.54. The third kappa shape index (κ3) is 7.24. The van der Waals surface area contributed by atoms with Crippen LogP contribution in [0.25, 0.3) is 0 Å². The van der Waals surface area contributed by atoms with E-state index in [-0.39, 0.29) is 5.75 Å². The van der Waals surface area contributed by atoms with Crippen LogP contribution in [0.3, 0.4) is 0 Å². The standard InChI is InChI=1S/C14H17NO9.C3H8.C2H6/c1-2-6-3-4-8(7(5-6)15(21)22)23-14-9(12(18)19)10(16)11(17)13(20)24-14;1-3-2;1-2/h3-5,9-11,13-14,16-17,20H,2H2,1H3,(H,18,19);3H2,1-2H3;1-2H3. The highest BCUT2D eigenvalue weighted by atomic mass is 16.7. The van der Waals surface area contributed by atoms with Gasteiger partial charge in [0.15, 0.2) is 12.0 Å². The van der Waals surface area contributed by atoms with Gasteiger partial charge in [0.25, 0.3) is 0 Å². The minimum absolute atomic E-state index is 0.274. The molecule has 1 fully saturated rings. The first-order chi connectivity index (χ1) is 13.7. The molecule has 1 aliphatic heterocycles. The number of aliphatic hydroxyl groups excluding tert-OH is 3. The Bertz CT molecular complexity index is 653. The fourth-order valence-electron chi connectivity index (χ4n) is 2.36. The molecule has 5 unspecified atom stereocenters. The summed E-state index contributed by atoms with van der Waals surface area (Å²) in [6.45, 7) is 10.1. The second-order valence-corrected chi connectivity index (χ2v) is 5.98. The molecule has 29 heavy (non-hydrogen) atoms. The molecule has 0 aromatic heterocycles. The van der Waals surface area contributed by atoms with Gasteiger partial charge >= 0.3 is 11.7 Å². The molecule has 1 aromatic rings. The maximum atomic E-state index is 11.3. The van der Waals surface area contributed by atoms with Crippen molar-refractivity contribution in [2.75, 3.05) is 0 Å². The SMILES string of the molecule is CC.CCC.CCc1ccc(OC2OC(O)C(O)C(O)C2C(=O)O)c([N+](=O)[O-])c1. The molecule has 1 aliphatic rings. The van der Waals surface area contributed by atoms with Crippen molar-refractivity contribution in [3.63, 3.8) is 0 Å². The van der Waals surface area contributed by atoms with Gasteiger partial charge in [-0.2, -0.15) is 0 Å². The molecule has 10 heteroatoms. The monoisotopic (exact) mass is 417 g/mol. The molecule has 1 heterocycles. The highest BCUT2D eigenvalue weighted by Gasteiger charge is 2.49. The minimum Gasteiger partial charge on any atom is -0.481 e. The largest absolute Gasteiger partial charge is 0.481 e. The molecular weight excluding hydrogens is 386 g/mol. The number of benzene rings is 1. The van der Waals surface area contributed by atoms with Crippen molar-refractivity contribution in [2.45, 2.75) is 72.2 Å². The molecule has 0 radical (unpaired) electrons. The highest BCUT2D eigenvalue weighted by molar-refractivity contribution is 5.71. The molecule has 1 aromatic carbocycles. The number of carboxylic acids is 1. The Morgan fingerprint density at radius 3 is 2.17 bits per heavy atom. The predicted molar refractivity (Wildman–Crippen MR) is 104 cm³/mol. The van der Waals surface area contributed by atoms with Crippen LogP contribution < -0.4 is 4.74 Å². The van der Waals surface area contributed by atoms with Gasteiger partial charge in [0, 0.05) is 6.07 Å². The Labute approximate surface area is 169 Å². The first kappa shape index (κ1) is 26.7. The summed E-state index contributed by atoms with van der Waals surface area (Å²) in [7, 11) is 0. The van der Waals surface area contributed by atoms with Crippen molar-refractivity contribution in [2.24, 2.45) is 5.92 Å². The fourth-order valence-corrected chi connectivity index (χ4v) is 2.36. The number of nitrogens with zero attached hydrogens (tertiary/aromatic N) is 1. The smallest absolute Gasteiger partial charge is 0.315 e. The number of rotatable bonds is 5. The average molecular weight is 417 g/mol. The van der Waals surface area contributed by atoms with E-state index in [1.54, 1.807) is 13.0 Å². The number of nitro groups is 1. The molecule has 10 nitrogen and oxygen atoms in total. The number of aliphatic hydroxyl groups is 3. The van der Waals surface area contributed by atoms with E-state index in [1.165, 1.54) is 18.6 Å². The molecule has 0 spiro atoms. The number of aryl methyl sites for hydroxylation is 1. The Balaban J connectivity index is 0.00000143. The van der Waals surface area contributed by atoms with E-state index in [1.807, 2.05) is 13.8 Å². The topological polar surface area (TPSA) is 160 Å². The lowest BCUT2D eigenvalue weighted by atomic mass is 9.94. The molecule has 166 valence electrons. The summed E-state index contributed by atoms with van der Waals surface area (Å²) in [6, 6.07) is 4.11. The fraction of sp³-hybridized carbons (Fsp3) is 0.632. The summed E-state index contributed by atoms with van der Waals surface area (Å²) in [5.74, 6) is -3.57. The molecule has 4 N–H and O–H groups in total. The van der Waals surface area contributed by atoms with Crippen LogP contribution in [0.15, 0.2) is 18.2 Å². The molecule has 1 saturated heterocycles. The average Bonchev–Trinajstić information content (AvgIpc) is 2.68. The first-order valence-electron chi connectivity index (χ1n) is 9.54. The third-order valence-corrected chi connectivity index (χ3v) is 3.73. The number of carboxylic acid groups (broad SMARTS) is 1. The zero-order valence-corrected chi connectivity index (χ0v) is 17.3. The van der Waals surface area contributed by atoms with Gasteiger partial charge < -0.3 is 29.9 Å². The summed E-state index contributed by atoms with van der Waals surface area (Å²) in [5, 5.41) is 49.2. The van der Waals surface area contributed by atoms with E-state index in [0.29, 0.717) is 12.0 Å². The summed E-state index contributed by atoms with van der Waals surface area (Å²) in [5.41, 5.74) is 0.265. The summed E-state index contributed by atoms with van der Waals surface area (Å²) >= 11 is 0. The van der Waals surface area contributed by atoms with E-state index >= 15 is 0 Å². The van der Waals surface area contributed by atoms with Crippen molar-refractivity contribution in [3.05, 3.63) is 33.9 Å². The lowest BCUT2D eigenvalue weighted by molar-refractivity contribution is -0.387. The van der Waals surface area contributed by atoms with Crippen LogP contribution in [0.1, 0.15) is 46.6 Å². The summed E-state index contributed by atoms with van der Waals surface area (Å²) < 4.78 is 10.1. The van der Waals surface area contributed by atoms with Gasteiger partial charge in [0.2, 0.25) is 6.29 Å². The zero-order valence-electron chi connectivity index (χ0n) is 17.3. The Kier molecular flexibility index (Phi) is 12.0. The van der Waals surface area contributed by atoms with Gasteiger partial charge in [0.05, 0.1) is 4.92 Å². The van der Waals surface area contributed by atoms with Crippen LogP contribution >= 0.6 is 0 Å². The van der Waals surface area contributed by atoms with E-state index in [9.17, 15) is 35.3 Å².